The molecule has 0 saturated heterocycles. The van der Waals surface area contributed by atoms with Gasteiger partial charge in [0.2, 0.25) is 0 Å². The van der Waals surface area contributed by atoms with E-state index >= 15 is 0 Å². The maximum atomic E-state index is 11.9. The van der Waals surface area contributed by atoms with Crippen LogP contribution in [0.1, 0.15) is 36.8 Å². The van der Waals surface area contributed by atoms with Crippen molar-refractivity contribution in [2.75, 3.05) is 13.1 Å². The number of halogens is 1. The molecular formula is C21H26ClN3O2. The molecule has 1 aliphatic rings. The molecule has 0 radical (unpaired) electrons. The SMILES string of the molecule is NCCCNC(=O)OC1CCCc2c(cncc2-c2cccc(Cl)c2)CC1. The molecule has 0 bridgehead atoms. The standard InChI is InChI=1S/C21H26ClN3O2/c22-17-5-1-4-15(12-17)20-14-24-13-16-8-9-18(6-2-7-19(16)20)27-21(26)25-11-3-10-23/h1,4-5,12-14,18H,2-3,6-11,23H2,(H,25,26). The van der Waals surface area contributed by atoms with E-state index in [4.69, 9.17) is 22.1 Å². The molecule has 0 saturated carbocycles. The van der Waals surface area contributed by atoms with Crippen LogP contribution >= 0.6 is 11.6 Å². The number of nitrogens with two attached hydrogens (primary N) is 1. The lowest BCUT2D eigenvalue weighted by molar-refractivity contribution is 0.0856. The van der Waals surface area contributed by atoms with E-state index < -0.39 is 0 Å². The third kappa shape index (κ3) is 5.44. The minimum Gasteiger partial charge on any atom is -0.446 e. The van der Waals surface area contributed by atoms with Crippen LogP contribution < -0.4 is 11.1 Å². The number of alkyl carbamates (subject to hydrolysis) is 1. The first-order valence-corrected chi connectivity index (χ1v) is 9.91. The number of amides is 1. The van der Waals surface area contributed by atoms with Crippen LogP contribution in [-0.4, -0.2) is 30.3 Å². The number of hydrogen-bond donors (Lipinski definition) is 2. The number of carbonyl (C=O) groups excluding carboxylic acids is 1. The Morgan fingerprint density at radius 2 is 2.19 bits per heavy atom. The van der Waals surface area contributed by atoms with Crippen molar-refractivity contribution in [2.45, 2.75) is 44.6 Å². The van der Waals surface area contributed by atoms with Crippen molar-refractivity contribution in [2.24, 2.45) is 5.73 Å². The Labute approximate surface area is 165 Å². The normalized spacial score (nSPS) is 16.7. The second-order valence-corrected chi connectivity index (χ2v) is 7.30. The van der Waals surface area contributed by atoms with Gasteiger partial charge in [0.15, 0.2) is 0 Å². The molecule has 0 aliphatic heterocycles. The summed E-state index contributed by atoms with van der Waals surface area (Å²) in [5, 5.41) is 3.48. The summed E-state index contributed by atoms with van der Waals surface area (Å²) in [5.41, 5.74) is 10.2. The minimum absolute atomic E-state index is 0.0640. The van der Waals surface area contributed by atoms with Crippen molar-refractivity contribution >= 4 is 17.7 Å². The van der Waals surface area contributed by atoms with Gasteiger partial charge in [-0.05, 0) is 73.9 Å². The average molecular weight is 388 g/mol. The molecule has 0 spiro atoms. The first-order valence-electron chi connectivity index (χ1n) is 9.53. The van der Waals surface area contributed by atoms with Crippen molar-refractivity contribution in [1.82, 2.24) is 10.3 Å². The maximum absolute atomic E-state index is 11.9. The summed E-state index contributed by atoms with van der Waals surface area (Å²) in [4.78, 5) is 16.3. The molecule has 1 aromatic heterocycles. The zero-order valence-corrected chi connectivity index (χ0v) is 16.2. The van der Waals surface area contributed by atoms with Crippen LogP contribution in [-0.2, 0) is 17.6 Å². The number of nitrogens with one attached hydrogen (secondary N) is 1. The van der Waals surface area contributed by atoms with E-state index in [9.17, 15) is 4.79 Å². The van der Waals surface area contributed by atoms with E-state index in [1.165, 1.54) is 11.1 Å². The lowest BCUT2D eigenvalue weighted by atomic mass is 9.88. The number of aromatic nitrogens is 1. The molecule has 3 rings (SSSR count). The molecule has 3 N–H and O–H groups in total. The molecule has 1 heterocycles. The fraction of sp³-hybridized carbons (Fsp3) is 0.429. The molecule has 1 unspecified atom stereocenters. The average Bonchev–Trinajstić information content (AvgIpc) is 2.64. The molecular weight excluding hydrogens is 362 g/mol. The van der Waals surface area contributed by atoms with Gasteiger partial charge in [-0.25, -0.2) is 4.79 Å². The summed E-state index contributed by atoms with van der Waals surface area (Å²) in [7, 11) is 0. The number of nitrogens with zero attached hydrogens (tertiary/aromatic N) is 1. The van der Waals surface area contributed by atoms with Gasteiger partial charge in [-0.1, -0.05) is 23.7 Å². The van der Waals surface area contributed by atoms with Gasteiger partial charge in [0.25, 0.3) is 0 Å². The van der Waals surface area contributed by atoms with Crippen LogP contribution in [0.2, 0.25) is 5.02 Å². The highest BCUT2D eigenvalue weighted by molar-refractivity contribution is 6.30. The highest BCUT2D eigenvalue weighted by Crippen LogP contribution is 2.31. The van der Waals surface area contributed by atoms with E-state index in [2.05, 4.69) is 16.4 Å². The summed E-state index contributed by atoms with van der Waals surface area (Å²) < 4.78 is 5.59. The Bertz CT molecular complexity index is 782. The number of hydrogen-bond acceptors (Lipinski definition) is 4. The Morgan fingerprint density at radius 1 is 1.30 bits per heavy atom. The fourth-order valence-corrected chi connectivity index (χ4v) is 3.71. The molecule has 2 aromatic rings. The third-order valence-corrected chi connectivity index (χ3v) is 5.13. The van der Waals surface area contributed by atoms with Gasteiger partial charge in [-0.3, -0.25) is 4.98 Å². The Kier molecular flexibility index (Phi) is 7.07. The summed E-state index contributed by atoms with van der Waals surface area (Å²) in [6, 6.07) is 7.90. The van der Waals surface area contributed by atoms with E-state index in [0.717, 1.165) is 54.7 Å². The van der Waals surface area contributed by atoms with Crippen molar-refractivity contribution in [3.63, 3.8) is 0 Å². The highest BCUT2D eigenvalue weighted by Gasteiger charge is 2.20. The number of rotatable bonds is 5. The van der Waals surface area contributed by atoms with Gasteiger partial charge < -0.3 is 15.8 Å². The van der Waals surface area contributed by atoms with Crippen molar-refractivity contribution < 1.29 is 9.53 Å². The first kappa shape index (κ1) is 19.6. The summed E-state index contributed by atoms with van der Waals surface area (Å²) >= 11 is 6.17. The Hall–Kier alpha value is -2.11. The van der Waals surface area contributed by atoms with Crippen LogP contribution in [0.3, 0.4) is 0 Å². The van der Waals surface area contributed by atoms with E-state index in [1.54, 1.807) is 0 Å². The van der Waals surface area contributed by atoms with E-state index in [1.807, 2.05) is 30.6 Å². The quantitative estimate of drug-likeness (QED) is 0.756. The number of ether oxygens (including phenoxy) is 1. The molecule has 6 heteroatoms. The van der Waals surface area contributed by atoms with Gasteiger partial charge >= 0.3 is 6.09 Å². The summed E-state index contributed by atoms with van der Waals surface area (Å²) in [6.07, 6.45) is 8.62. The van der Waals surface area contributed by atoms with Crippen LogP contribution in [0.4, 0.5) is 4.79 Å². The largest absolute Gasteiger partial charge is 0.446 e. The minimum atomic E-state index is -0.347. The molecule has 5 nitrogen and oxygen atoms in total. The number of benzene rings is 1. The second-order valence-electron chi connectivity index (χ2n) is 6.86. The number of carbonyl (C=O) groups is 1. The lowest BCUT2D eigenvalue weighted by Crippen LogP contribution is -2.31. The topological polar surface area (TPSA) is 77.2 Å². The van der Waals surface area contributed by atoms with Crippen molar-refractivity contribution in [3.05, 3.63) is 52.8 Å². The maximum Gasteiger partial charge on any atom is 0.407 e. The second kappa shape index (κ2) is 9.72. The predicted octanol–water partition coefficient (Wildman–Crippen LogP) is 4.11. The van der Waals surface area contributed by atoms with Gasteiger partial charge in [0.05, 0.1) is 0 Å². The van der Waals surface area contributed by atoms with E-state index in [-0.39, 0.29) is 12.2 Å². The van der Waals surface area contributed by atoms with Crippen LogP contribution in [0.5, 0.6) is 0 Å². The summed E-state index contributed by atoms with van der Waals surface area (Å²) in [6.45, 7) is 1.11. The van der Waals surface area contributed by atoms with Gasteiger partial charge in [0.1, 0.15) is 6.10 Å². The lowest BCUT2D eigenvalue weighted by Gasteiger charge is -2.23. The number of pyridine rings is 1. The number of fused-ring (bicyclic) bond motifs is 1. The van der Waals surface area contributed by atoms with Crippen molar-refractivity contribution in [1.29, 1.82) is 0 Å². The monoisotopic (exact) mass is 387 g/mol. The zero-order chi connectivity index (χ0) is 19.1. The van der Waals surface area contributed by atoms with E-state index in [0.29, 0.717) is 13.1 Å². The van der Waals surface area contributed by atoms with Gasteiger partial charge in [-0.2, -0.15) is 0 Å². The molecule has 0 fully saturated rings. The molecule has 1 aromatic carbocycles. The third-order valence-electron chi connectivity index (χ3n) is 4.89. The van der Waals surface area contributed by atoms with Crippen LogP contribution in [0.25, 0.3) is 11.1 Å². The molecule has 27 heavy (non-hydrogen) atoms. The smallest absolute Gasteiger partial charge is 0.407 e. The highest BCUT2D eigenvalue weighted by atomic mass is 35.5. The predicted molar refractivity (Wildman–Crippen MR) is 108 cm³/mol. The Morgan fingerprint density at radius 3 is 3.00 bits per heavy atom. The zero-order valence-electron chi connectivity index (χ0n) is 15.4. The number of aryl methyl sites for hydroxylation is 1. The molecule has 1 amide bonds. The molecule has 1 aliphatic carbocycles. The Balaban J connectivity index is 1.69. The summed E-state index contributed by atoms with van der Waals surface area (Å²) in [5.74, 6) is 0. The van der Waals surface area contributed by atoms with Crippen molar-refractivity contribution in [3.8, 4) is 11.1 Å². The van der Waals surface area contributed by atoms with Crippen LogP contribution in [0, 0.1) is 0 Å². The molecule has 1 atom stereocenters. The van der Waals surface area contributed by atoms with Crippen LogP contribution in [0.15, 0.2) is 36.7 Å². The fourth-order valence-electron chi connectivity index (χ4n) is 3.52. The van der Waals surface area contributed by atoms with Gasteiger partial charge in [0, 0.05) is 29.5 Å². The van der Waals surface area contributed by atoms with Gasteiger partial charge in [-0.15, -0.1) is 0 Å². The molecule has 144 valence electrons. The first-order chi connectivity index (χ1) is 13.2.